The first kappa shape index (κ1) is 16.8. The third kappa shape index (κ3) is 4.09. The molecule has 0 aromatic carbocycles. The molecule has 3 saturated heterocycles. The fourth-order valence-corrected chi connectivity index (χ4v) is 3.20. The molecule has 7 nitrogen and oxygen atoms in total. The minimum Gasteiger partial charge on any atom is -0.388 e. The number of ether oxygens (including phenoxy) is 2. The van der Waals surface area contributed by atoms with Gasteiger partial charge in [-0.1, -0.05) is 0 Å². The zero-order chi connectivity index (χ0) is 16.4. The van der Waals surface area contributed by atoms with Crippen LogP contribution < -0.4 is 5.32 Å². The van der Waals surface area contributed by atoms with Crippen molar-refractivity contribution >= 4 is 6.03 Å². The molecule has 0 aromatic heterocycles. The maximum absolute atomic E-state index is 13.2. The van der Waals surface area contributed by atoms with Crippen molar-refractivity contribution in [3.63, 3.8) is 0 Å². The zero-order valence-corrected chi connectivity index (χ0v) is 12.9. The molecule has 3 aliphatic rings. The Morgan fingerprint density at radius 2 is 2.04 bits per heavy atom. The van der Waals surface area contributed by atoms with Gasteiger partial charge < -0.3 is 24.8 Å². The molecule has 0 bridgehead atoms. The van der Waals surface area contributed by atoms with Crippen LogP contribution in [0.25, 0.3) is 0 Å². The topological polar surface area (TPSA) is 74.3 Å². The van der Waals surface area contributed by atoms with Crippen LogP contribution in [0.1, 0.15) is 6.42 Å². The summed E-state index contributed by atoms with van der Waals surface area (Å²) in [7, 11) is 0. The molecule has 3 rings (SSSR count). The summed E-state index contributed by atoms with van der Waals surface area (Å²) in [6.07, 6.45) is -1.61. The number of urea groups is 1. The lowest BCUT2D eigenvalue weighted by Gasteiger charge is -2.29. The van der Waals surface area contributed by atoms with Gasteiger partial charge in [0.2, 0.25) is 0 Å². The van der Waals surface area contributed by atoms with Gasteiger partial charge in [0.15, 0.2) is 0 Å². The van der Waals surface area contributed by atoms with Crippen molar-refractivity contribution < 1.29 is 28.2 Å². The Labute approximate surface area is 133 Å². The second kappa shape index (κ2) is 6.84. The van der Waals surface area contributed by atoms with Crippen molar-refractivity contribution in [3.05, 3.63) is 0 Å². The summed E-state index contributed by atoms with van der Waals surface area (Å²) in [5.41, 5.74) is 0. The van der Waals surface area contributed by atoms with Crippen LogP contribution in [0, 0.1) is 0 Å². The number of hydrogen-bond donors (Lipinski definition) is 2. The number of carbonyl (C=O) groups is 1. The highest BCUT2D eigenvalue weighted by atomic mass is 19.3. The Morgan fingerprint density at radius 3 is 2.70 bits per heavy atom. The molecule has 3 atom stereocenters. The highest BCUT2D eigenvalue weighted by Crippen LogP contribution is 2.28. The summed E-state index contributed by atoms with van der Waals surface area (Å²) in [5.74, 6) is -2.66. The minimum absolute atomic E-state index is 0.160. The average Bonchev–Trinajstić information content (AvgIpc) is 3.04. The molecule has 9 heteroatoms. The van der Waals surface area contributed by atoms with Gasteiger partial charge in [-0.15, -0.1) is 0 Å². The zero-order valence-electron chi connectivity index (χ0n) is 12.9. The average molecular weight is 335 g/mol. The van der Waals surface area contributed by atoms with Gasteiger partial charge in [-0.25, -0.2) is 13.6 Å². The van der Waals surface area contributed by atoms with Crippen LogP contribution >= 0.6 is 0 Å². The summed E-state index contributed by atoms with van der Waals surface area (Å²) in [4.78, 5) is 15.3. The van der Waals surface area contributed by atoms with Crippen molar-refractivity contribution in [3.8, 4) is 0 Å². The predicted molar refractivity (Wildman–Crippen MR) is 76.5 cm³/mol. The number of hydrogen-bond acceptors (Lipinski definition) is 5. The molecule has 0 radical (unpaired) electrons. The van der Waals surface area contributed by atoms with Gasteiger partial charge in [0.25, 0.3) is 5.92 Å². The first-order valence-corrected chi connectivity index (χ1v) is 7.98. The number of nitrogens with zero attached hydrogens (tertiary/aromatic N) is 2. The summed E-state index contributed by atoms with van der Waals surface area (Å²) in [6.45, 7) is 2.47. The van der Waals surface area contributed by atoms with Gasteiger partial charge in [0.05, 0.1) is 38.5 Å². The van der Waals surface area contributed by atoms with Gasteiger partial charge in [-0.05, 0) is 0 Å². The highest BCUT2D eigenvalue weighted by molar-refractivity contribution is 5.74. The molecular formula is C14H23F2N3O4. The Morgan fingerprint density at radius 1 is 1.30 bits per heavy atom. The van der Waals surface area contributed by atoms with E-state index in [0.29, 0.717) is 32.8 Å². The van der Waals surface area contributed by atoms with E-state index in [-0.39, 0.29) is 32.1 Å². The molecule has 3 aliphatic heterocycles. The van der Waals surface area contributed by atoms with E-state index >= 15 is 0 Å². The lowest BCUT2D eigenvalue weighted by Crippen LogP contribution is -2.53. The molecule has 0 aromatic rings. The number of aliphatic hydroxyl groups is 1. The molecule has 3 unspecified atom stereocenters. The quantitative estimate of drug-likeness (QED) is 0.727. The van der Waals surface area contributed by atoms with Gasteiger partial charge >= 0.3 is 6.03 Å². The second-order valence-corrected chi connectivity index (χ2v) is 6.36. The van der Waals surface area contributed by atoms with E-state index in [1.54, 1.807) is 9.80 Å². The molecule has 0 spiro atoms. The fourth-order valence-electron chi connectivity index (χ4n) is 3.20. The van der Waals surface area contributed by atoms with Crippen LogP contribution in [-0.4, -0.2) is 97.7 Å². The van der Waals surface area contributed by atoms with E-state index in [1.165, 1.54) is 0 Å². The third-order valence-electron chi connectivity index (χ3n) is 4.58. The number of rotatable bonds is 3. The highest BCUT2D eigenvalue weighted by Gasteiger charge is 2.43. The van der Waals surface area contributed by atoms with Crippen molar-refractivity contribution in [1.29, 1.82) is 0 Å². The van der Waals surface area contributed by atoms with Crippen LogP contribution in [0.15, 0.2) is 0 Å². The summed E-state index contributed by atoms with van der Waals surface area (Å²) in [5, 5.41) is 13.0. The number of nitrogens with one attached hydrogen (secondary N) is 1. The number of carbonyl (C=O) groups excluding carboxylic acids is 1. The van der Waals surface area contributed by atoms with Gasteiger partial charge in [0.1, 0.15) is 6.10 Å². The normalized spacial score (nSPS) is 34.7. The molecule has 0 aliphatic carbocycles. The largest absolute Gasteiger partial charge is 0.388 e. The standard InChI is InChI=1S/C14H23F2N3O4/c15-14(16)1-2-18(9-14)7-11-12(20)10(8-23-11)17-13(21)19-3-5-22-6-4-19/h10-12,20H,1-9H2,(H,17,21). The molecule has 2 amide bonds. The fraction of sp³-hybridized carbons (Fsp3) is 0.929. The van der Waals surface area contributed by atoms with Crippen LogP contribution in [0.5, 0.6) is 0 Å². The summed E-state index contributed by atoms with van der Waals surface area (Å²) < 4.78 is 37.1. The molecule has 2 N–H and O–H groups in total. The Hall–Kier alpha value is -1.03. The number of aliphatic hydroxyl groups excluding tert-OH is 1. The SMILES string of the molecule is O=C(NC1COC(CN2CCC(F)(F)C2)C1O)N1CCOCC1. The minimum atomic E-state index is -2.66. The van der Waals surface area contributed by atoms with E-state index in [4.69, 9.17) is 9.47 Å². The van der Waals surface area contributed by atoms with Gasteiger partial charge in [-0.2, -0.15) is 0 Å². The molecular weight excluding hydrogens is 312 g/mol. The first-order valence-electron chi connectivity index (χ1n) is 7.98. The van der Waals surface area contributed by atoms with Crippen LogP contribution in [0.4, 0.5) is 13.6 Å². The monoisotopic (exact) mass is 335 g/mol. The lowest BCUT2D eigenvalue weighted by atomic mass is 10.1. The van der Waals surface area contributed by atoms with Crippen molar-refractivity contribution in [2.75, 3.05) is 52.5 Å². The lowest BCUT2D eigenvalue weighted by molar-refractivity contribution is -0.00736. The smallest absolute Gasteiger partial charge is 0.317 e. The van der Waals surface area contributed by atoms with Crippen LogP contribution in [-0.2, 0) is 9.47 Å². The Bertz CT molecular complexity index is 434. The van der Waals surface area contributed by atoms with E-state index < -0.39 is 24.2 Å². The molecule has 3 fully saturated rings. The maximum atomic E-state index is 13.2. The molecule has 132 valence electrons. The van der Waals surface area contributed by atoms with Crippen molar-refractivity contribution in [2.45, 2.75) is 30.6 Å². The van der Waals surface area contributed by atoms with E-state index in [9.17, 15) is 18.7 Å². The number of halogens is 2. The van der Waals surface area contributed by atoms with Crippen molar-refractivity contribution in [1.82, 2.24) is 15.1 Å². The molecule has 0 saturated carbocycles. The van der Waals surface area contributed by atoms with Crippen LogP contribution in [0.3, 0.4) is 0 Å². The van der Waals surface area contributed by atoms with E-state index in [2.05, 4.69) is 5.32 Å². The first-order chi connectivity index (χ1) is 10.9. The number of likely N-dealkylation sites (tertiary alicyclic amines) is 1. The van der Waals surface area contributed by atoms with Gasteiger partial charge in [0, 0.05) is 32.6 Å². The summed E-state index contributed by atoms with van der Waals surface area (Å²) >= 11 is 0. The van der Waals surface area contributed by atoms with E-state index in [0.717, 1.165) is 0 Å². The summed E-state index contributed by atoms with van der Waals surface area (Å²) in [6, 6.07) is -0.771. The Kier molecular flexibility index (Phi) is 5.00. The third-order valence-corrected chi connectivity index (χ3v) is 4.58. The number of morpholine rings is 1. The van der Waals surface area contributed by atoms with Gasteiger partial charge in [-0.3, -0.25) is 4.90 Å². The number of alkyl halides is 2. The molecule has 23 heavy (non-hydrogen) atoms. The maximum Gasteiger partial charge on any atom is 0.317 e. The predicted octanol–water partition coefficient (Wildman–Crippen LogP) is -0.502. The van der Waals surface area contributed by atoms with Crippen LogP contribution in [0.2, 0.25) is 0 Å². The van der Waals surface area contributed by atoms with E-state index in [1.807, 2.05) is 0 Å². The Balaban J connectivity index is 1.46. The second-order valence-electron chi connectivity index (χ2n) is 6.36. The molecule has 3 heterocycles. The number of amides is 2. The van der Waals surface area contributed by atoms with Crippen molar-refractivity contribution in [2.24, 2.45) is 0 Å².